The van der Waals surface area contributed by atoms with Crippen LogP contribution in [0.25, 0.3) is 11.4 Å². The smallest absolute Gasteiger partial charge is 0.140 e. The van der Waals surface area contributed by atoms with E-state index in [1.807, 2.05) is 53.2 Å². The first-order valence-corrected chi connectivity index (χ1v) is 6.66. The number of phenols is 1. The zero-order valence-electron chi connectivity index (χ0n) is 10.7. The molecule has 0 aliphatic carbocycles. The van der Waals surface area contributed by atoms with Crippen molar-refractivity contribution in [3.63, 3.8) is 0 Å². The highest BCUT2D eigenvalue weighted by molar-refractivity contribution is 6.30. The van der Waals surface area contributed by atoms with Gasteiger partial charge in [0.25, 0.3) is 0 Å². The number of hydrogen-bond donors (Lipinski definition) is 1. The minimum atomic E-state index is 0.295. The number of benzene rings is 2. The van der Waals surface area contributed by atoms with E-state index in [9.17, 15) is 5.11 Å². The van der Waals surface area contributed by atoms with Gasteiger partial charge < -0.3 is 9.67 Å². The van der Waals surface area contributed by atoms with E-state index in [2.05, 4.69) is 4.98 Å². The Morgan fingerprint density at radius 2 is 1.80 bits per heavy atom. The monoisotopic (exact) mass is 284 g/mol. The molecule has 3 rings (SSSR count). The molecule has 1 heterocycles. The van der Waals surface area contributed by atoms with E-state index in [1.54, 1.807) is 12.3 Å². The minimum absolute atomic E-state index is 0.295. The van der Waals surface area contributed by atoms with E-state index in [1.165, 1.54) is 0 Å². The van der Waals surface area contributed by atoms with Crippen molar-refractivity contribution in [1.82, 2.24) is 9.55 Å². The van der Waals surface area contributed by atoms with E-state index in [0.717, 1.165) is 17.0 Å². The fraction of sp³-hybridized carbons (Fsp3) is 0.0625. The molecule has 1 N–H and O–H groups in total. The minimum Gasteiger partial charge on any atom is -0.508 e. The molecule has 0 bridgehead atoms. The van der Waals surface area contributed by atoms with Crippen molar-refractivity contribution in [3.8, 4) is 17.1 Å². The molecule has 0 amide bonds. The third-order valence-corrected chi connectivity index (χ3v) is 3.40. The Morgan fingerprint density at radius 3 is 2.55 bits per heavy atom. The van der Waals surface area contributed by atoms with Gasteiger partial charge in [-0.3, -0.25) is 0 Å². The summed E-state index contributed by atoms with van der Waals surface area (Å²) in [5.74, 6) is 1.15. The summed E-state index contributed by atoms with van der Waals surface area (Å²) in [5.41, 5.74) is 1.86. The Morgan fingerprint density at radius 1 is 1.05 bits per heavy atom. The summed E-state index contributed by atoms with van der Waals surface area (Å²) >= 11 is 5.90. The number of imidazole rings is 1. The number of aromatic nitrogens is 2. The second-order valence-corrected chi connectivity index (χ2v) is 4.95. The van der Waals surface area contributed by atoms with Gasteiger partial charge in [0.05, 0.1) is 6.54 Å². The number of nitrogens with zero attached hydrogens (tertiary/aromatic N) is 2. The van der Waals surface area contributed by atoms with E-state index in [4.69, 9.17) is 11.6 Å². The zero-order chi connectivity index (χ0) is 13.9. The van der Waals surface area contributed by atoms with Crippen LogP contribution in [0.5, 0.6) is 5.75 Å². The lowest BCUT2D eigenvalue weighted by Gasteiger charge is -2.09. The third kappa shape index (κ3) is 2.53. The van der Waals surface area contributed by atoms with E-state index < -0.39 is 0 Å². The van der Waals surface area contributed by atoms with Crippen molar-refractivity contribution < 1.29 is 5.11 Å². The van der Waals surface area contributed by atoms with Gasteiger partial charge in [0.1, 0.15) is 11.6 Å². The Kier molecular flexibility index (Phi) is 3.44. The maximum absolute atomic E-state index is 9.86. The maximum atomic E-state index is 9.86. The van der Waals surface area contributed by atoms with E-state index in [-0.39, 0.29) is 0 Å². The molecule has 0 radical (unpaired) electrons. The van der Waals surface area contributed by atoms with Gasteiger partial charge >= 0.3 is 0 Å². The van der Waals surface area contributed by atoms with Crippen LogP contribution in [0.1, 0.15) is 5.56 Å². The molecule has 0 unspecified atom stereocenters. The Labute approximate surface area is 122 Å². The van der Waals surface area contributed by atoms with Gasteiger partial charge in [-0.1, -0.05) is 29.8 Å². The number of rotatable bonds is 3. The Bertz CT molecular complexity index is 719. The summed E-state index contributed by atoms with van der Waals surface area (Å²) in [5, 5.41) is 10.6. The van der Waals surface area contributed by atoms with Crippen LogP contribution < -0.4 is 0 Å². The molecule has 20 heavy (non-hydrogen) atoms. The SMILES string of the molecule is Oc1ccccc1Cn1ccnc1-c1ccc(Cl)cc1. The molecule has 4 heteroatoms. The summed E-state index contributed by atoms with van der Waals surface area (Å²) in [6.07, 6.45) is 3.65. The Hall–Kier alpha value is -2.26. The van der Waals surface area contributed by atoms with Crippen LogP contribution >= 0.6 is 11.6 Å². The average molecular weight is 285 g/mol. The lowest BCUT2D eigenvalue weighted by atomic mass is 10.2. The second kappa shape index (κ2) is 5.39. The lowest BCUT2D eigenvalue weighted by Crippen LogP contribution is -2.01. The number of hydrogen-bond acceptors (Lipinski definition) is 2. The first kappa shape index (κ1) is 12.8. The summed E-state index contributed by atoms with van der Waals surface area (Å²) < 4.78 is 2.00. The molecule has 2 aromatic carbocycles. The van der Waals surface area contributed by atoms with Gasteiger partial charge in [0, 0.05) is 28.5 Å². The van der Waals surface area contributed by atoms with Crippen LogP contribution in [0.4, 0.5) is 0 Å². The predicted molar refractivity (Wildman–Crippen MR) is 79.9 cm³/mol. The number of para-hydroxylation sites is 1. The van der Waals surface area contributed by atoms with Crippen LogP contribution in [-0.2, 0) is 6.54 Å². The van der Waals surface area contributed by atoms with Gasteiger partial charge in [-0.15, -0.1) is 0 Å². The van der Waals surface area contributed by atoms with Crippen molar-refractivity contribution in [2.75, 3.05) is 0 Å². The summed E-state index contributed by atoms with van der Waals surface area (Å²) in [6.45, 7) is 0.574. The summed E-state index contributed by atoms with van der Waals surface area (Å²) in [6, 6.07) is 14.9. The molecule has 0 aliphatic rings. The number of halogens is 1. The summed E-state index contributed by atoms with van der Waals surface area (Å²) in [4.78, 5) is 4.38. The largest absolute Gasteiger partial charge is 0.508 e. The standard InChI is InChI=1S/C16H13ClN2O/c17-14-7-5-12(6-8-14)16-18-9-10-19(16)11-13-3-1-2-4-15(13)20/h1-10,20H,11H2. The van der Waals surface area contributed by atoms with Crippen molar-refractivity contribution in [1.29, 1.82) is 0 Å². The van der Waals surface area contributed by atoms with Gasteiger partial charge in [-0.2, -0.15) is 0 Å². The fourth-order valence-corrected chi connectivity index (χ4v) is 2.25. The van der Waals surface area contributed by atoms with Crippen LogP contribution in [0.2, 0.25) is 5.02 Å². The van der Waals surface area contributed by atoms with Crippen molar-refractivity contribution in [3.05, 3.63) is 71.5 Å². The molecular formula is C16H13ClN2O. The molecule has 0 atom stereocenters. The van der Waals surface area contributed by atoms with Crippen molar-refractivity contribution in [2.45, 2.75) is 6.54 Å². The molecule has 0 saturated carbocycles. The highest BCUT2D eigenvalue weighted by Gasteiger charge is 2.08. The average Bonchev–Trinajstić information content (AvgIpc) is 2.90. The molecule has 3 aromatic rings. The van der Waals surface area contributed by atoms with Gasteiger partial charge in [0.15, 0.2) is 0 Å². The molecule has 3 nitrogen and oxygen atoms in total. The zero-order valence-corrected chi connectivity index (χ0v) is 11.5. The van der Waals surface area contributed by atoms with Gasteiger partial charge in [0.2, 0.25) is 0 Å². The highest BCUT2D eigenvalue weighted by atomic mass is 35.5. The van der Waals surface area contributed by atoms with Crippen LogP contribution in [0.3, 0.4) is 0 Å². The third-order valence-electron chi connectivity index (χ3n) is 3.15. The Balaban J connectivity index is 1.95. The predicted octanol–water partition coefficient (Wildman–Crippen LogP) is 3.96. The molecule has 0 fully saturated rings. The highest BCUT2D eigenvalue weighted by Crippen LogP contribution is 2.23. The molecular weight excluding hydrogens is 272 g/mol. The summed E-state index contributed by atoms with van der Waals surface area (Å²) in [7, 11) is 0. The van der Waals surface area contributed by atoms with Crippen molar-refractivity contribution in [2.24, 2.45) is 0 Å². The quantitative estimate of drug-likeness (QED) is 0.790. The van der Waals surface area contributed by atoms with Crippen LogP contribution in [0, 0.1) is 0 Å². The molecule has 100 valence electrons. The topological polar surface area (TPSA) is 38.0 Å². The molecule has 1 aromatic heterocycles. The fourth-order valence-electron chi connectivity index (χ4n) is 2.12. The normalized spacial score (nSPS) is 10.7. The van der Waals surface area contributed by atoms with Gasteiger partial charge in [-0.25, -0.2) is 4.98 Å². The molecule has 0 spiro atoms. The first-order valence-electron chi connectivity index (χ1n) is 6.28. The number of aromatic hydroxyl groups is 1. The lowest BCUT2D eigenvalue weighted by molar-refractivity contribution is 0.466. The molecule has 0 saturated heterocycles. The van der Waals surface area contributed by atoms with E-state index >= 15 is 0 Å². The number of phenolic OH excluding ortho intramolecular Hbond substituents is 1. The maximum Gasteiger partial charge on any atom is 0.140 e. The van der Waals surface area contributed by atoms with Crippen molar-refractivity contribution >= 4 is 11.6 Å². The van der Waals surface area contributed by atoms with Crippen LogP contribution in [0.15, 0.2) is 60.9 Å². The van der Waals surface area contributed by atoms with Crippen LogP contribution in [-0.4, -0.2) is 14.7 Å². The van der Waals surface area contributed by atoms with E-state index in [0.29, 0.717) is 17.3 Å². The molecule has 0 aliphatic heterocycles. The first-order chi connectivity index (χ1) is 9.74. The van der Waals surface area contributed by atoms with Gasteiger partial charge in [-0.05, 0) is 30.3 Å². The second-order valence-electron chi connectivity index (χ2n) is 4.51.